The molecule has 2 saturated carbocycles. The van der Waals surface area contributed by atoms with Crippen LogP contribution in [-0.4, -0.2) is 5.78 Å². The number of Topliss-reactive ketones (excluding diaryl/α,β-unsaturated/α-hetero) is 1. The van der Waals surface area contributed by atoms with E-state index in [2.05, 4.69) is 20.8 Å². The Morgan fingerprint density at radius 3 is 2.65 bits per heavy atom. The van der Waals surface area contributed by atoms with E-state index in [1.54, 1.807) is 12.5 Å². The largest absolute Gasteiger partial charge is 0.295 e. The second-order valence-electron chi connectivity index (χ2n) is 7.48. The molecule has 3 atom stereocenters. The lowest BCUT2D eigenvalue weighted by atomic mass is 9.74. The number of ketones is 1. The summed E-state index contributed by atoms with van der Waals surface area (Å²) in [6.07, 6.45) is 6.61. The summed E-state index contributed by atoms with van der Waals surface area (Å²) in [7, 11) is 0. The van der Waals surface area contributed by atoms with Crippen LogP contribution in [0.25, 0.3) is 0 Å². The van der Waals surface area contributed by atoms with E-state index in [-0.39, 0.29) is 5.41 Å². The van der Waals surface area contributed by atoms with Gasteiger partial charge in [0.05, 0.1) is 0 Å². The maximum Gasteiger partial charge on any atom is 0.156 e. The molecule has 0 aromatic heterocycles. The maximum atomic E-state index is 12.0. The number of carbonyl (C=O) groups excluding carboxylic acids is 1. The van der Waals surface area contributed by atoms with Gasteiger partial charge in [0.1, 0.15) is 0 Å². The number of allylic oxidation sites excluding steroid dienone is 2. The average Bonchev–Trinajstić information content (AvgIpc) is 2.70. The minimum Gasteiger partial charge on any atom is -0.295 e. The molecule has 94 valence electrons. The second kappa shape index (κ2) is 3.24. The molecule has 2 fully saturated rings. The van der Waals surface area contributed by atoms with E-state index in [4.69, 9.17) is 0 Å². The summed E-state index contributed by atoms with van der Waals surface area (Å²) in [6, 6.07) is 0. The summed E-state index contributed by atoms with van der Waals surface area (Å²) < 4.78 is 0. The van der Waals surface area contributed by atoms with Crippen LogP contribution in [-0.2, 0) is 4.79 Å². The molecule has 0 N–H and O–H groups in total. The molecule has 0 aromatic rings. The average molecular weight is 232 g/mol. The molecule has 0 radical (unpaired) electrons. The maximum absolute atomic E-state index is 12.0. The van der Waals surface area contributed by atoms with E-state index >= 15 is 0 Å². The second-order valence-corrected chi connectivity index (χ2v) is 7.48. The third-order valence-corrected chi connectivity index (χ3v) is 5.77. The molecular formula is C16H24O. The van der Waals surface area contributed by atoms with Crippen molar-refractivity contribution in [1.29, 1.82) is 0 Å². The summed E-state index contributed by atoms with van der Waals surface area (Å²) in [6.45, 7) is 8.76. The Kier molecular flexibility index (Phi) is 2.19. The Balaban J connectivity index is 2.08. The molecule has 0 heterocycles. The van der Waals surface area contributed by atoms with Crippen molar-refractivity contribution >= 4 is 5.78 Å². The highest BCUT2D eigenvalue weighted by Gasteiger charge is 2.56. The van der Waals surface area contributed by atoms with Crippen molar-refractivity contribution in [2.45, 2.75) is 59.8 Å². The van der Waals surface area contributed by atoms with Crippen LogP contribution < -0.4 is 0 Å². The molecule has 1 heteroatoms. The van der Waals surface area contributed by atoms with Crippen LogP contribution >= 0.6 is 0 Å². The van der Waals surface area contributed by atoms with Crippen molar-refractivity contribution in [2.75, 3.05) is 0 Å². The van der Waals surface area contributed by atoms with E-state index in [0.29, 0.717) is 11.2 Å². The first-order valence-corrected chi connectivity index (χ1v) is 7.10. The highest BCUT2D eigenvalue weighted by molar-refractivity contribution is 5.96. The lowest BCUT2D eigenvalue weighted by Crippen LogP contribution is -2.23. The van der Waals surface area contributed by atoms with Gasteiger partial charge in [0.25, 0.3) is 0 Å². The number of hydrogen-bond donors (Lipinski definition) is 0. The molecule has 0 spiro atoms. The zero-order valence-electron chi connectivity index (χ0n) is 11.6. The molecule has 17 heavy (non-hydrogen) atoms. The van der Waals surface area contributed by atoms with Gasteiger partial charge < -0.3 is 0 Å². The molecule has 0 saturated heterocycles. The van der Waals surface area contributed by atoms with Crippen LogP contribution in [0.2, 0.25) is 0 Å². The molecule has 3 aliphatic carbocycles. The normalized spacial score (nSPS) is 42.8. The molecule has 0 aromatic carbocycles. The summed E-state index contributed by atoms with van der Waals surface area (Å²) in [5.41, 5.74) is 3.40. The Hall–Kier alpha value is -0.590. The van der Waals surface area contributed by atoms with Crippen LogP contribution in [0.4, 0.5) is 0 Å². The first-order chi connectivity index (χ1) is 7.85. The Bertz CT molecular complexity index is 415. The van der Waals surface area contributed by atoms with E-state index in [9.17, 15) is 4.79 Å². The van der Waals surface area contributed by atoms with Crippen molar-refractivity contribution in [3.8, 4) is 0 Å². The van der Waals surface area contributed by atoms with Gasteiger partial charge in [0, 0.05) is 0 Å². The third kappa shape index (κ3) is 1.41. The van der Waals surface area contributed by atoms with Crippen molar-refractivity contribution in [3.63, 3.8) is 0 Å². The summed E-state index contributed by atoms with van der Waals surface area (Å²) >= 11 is 0. The quantitative estimate of drug-likeness (QED) is 0.664. The molecule has 0 amide bonds. The highest BCUT2D eigenvalue weighted by Crippen LogP contribution is 2.65. The lowest BCUT2D eigenvalue weighted by Gasteiger charge is -2.30. The lowest BCUT2D eigenvalue weighted by molar-refractivity contribution is -0.114. The van der Waals surface area contributed by atoms with Gasteiger partial charge in [-0.25, -0.2) is 0 Å². The van der Waals surface area contributed by atoms with Gasteiger partial charge in [-0.05, 0) is 60.8 Å². The van der Waals surface area contributed by atoms with Gasteiger partial charge in [-0.3, -0.25) is 4.79 Å². The van der Waals surface area contributed by atoms with Crippen molar-refractivity contribution in [1.82, 2.24) is 0 Å². The van der Waals surface area contributed by atoms with Crippen LogP contribution in [0.5, 0.6) is 0 Å². The molecule has 0 bridgehead atoms. The van der Waals surface area contributed by atoms with Gasteiger partial charge in [-0.1, -0.05) is 32.8 Å². The fraction of sp³-hybridized carbons (Fsp3) is 0.812. The fourth-order valence-corrected chi connectivity index (χ4v) is 5.30. The number of rotatable bonds is 1. The molecule has 1 nitrogen and oxygen atoms in total. The van der Waals surface area contributed by atoms with Gasteiger partial charge in [0.2, 0.25) is 0 Å². The smallest absolute Gasteiger partial charge is 0.156 e. The molecule has 0 aliphatic heterocycles. The van der Waals surface area contributed by atoms with E-state index in [1.807, 2.05) is 0 Å². The minimum atomic E-state index is 0.135. The molecule has 3 aliphatic rings. The van der Waals surface area contributed by atoms with E-state index < -0.39 is 0 Å². The van der Waals surface area contributed by atoms with Crippen LogP contribution in [0.1, 0.15) is 59.8 Å². The first-order valence-electron chi connectivity index (χ1n) is 7.10. The summed E-state index contributed by atoms with van der Waals surface area (Å²) in [4.78, 5) is 12.0. The Morgan fingerprint density at radius 2 is 2.00 bits per heavy atom. The SMILES string of the molecule is CC(=O)C1=C2C[C@@]3(C)CCC[C@H]3C2CC1(C)C. The predicted molar refractivity (Wildman–Crippen MR) is 69.7 cm³/mol. The van der Waals surface area contributed by atoms with Crippen molar-refractivity contribution in [2.24, 2.45) is 22.7 Å². The zero-order valence-corrected chi connectivity index (χ0v) is 11.6. The Morgan fingerprint density at radius 1 is 1.29 bits per heavy atom. The van der Waals surface area contributed by atoms with E-state index in [0.717, 1.165) is 11.8 Å². The zero-order chi connectivity index (χ0) is 12.4. The third-order valence-electron chi connectivity index (χ3n) is 5.77. The monoisotopic (exact) mass is 232 g/mol. The molecule has 1 unspecified atom stereocenters. The van der Waals surface area contributed by atoms with Crippen LogP contribution in [0.3, 0.4) is 0 Å². The Labute approximate surface area is 105 Å². The summed E-state index contributed by atoms with van der Waals surface area (Å²) in [5, 5.41) is 0. The van der Waals surface area contributed by atoms with Crippen molar-refractivity contribution in [3.05, 3.63) is 11.1 Å². The fourth-order valence-electron chi connectivity index (χ4n) is 5.30. The van der Waals surface area contributed by atoms with Gasteiger partial charge in [0.15, 0.2) is 5.78 Å². The number of hydrogen-bond acceptors (Lipinski definition) is 1. The highest BCUT2D eigenvalue weighted by atomic mass is 16.1. The van der Waals surface area contributed by atoms with Crippen LogP contribution in [0, 0.1) is 22.7 Å². The summed E-state index contributed by atoms with van der Waals surface area (Å²) in [5.74, 6) is 1.93. The minimum absolute atomic E-state index is 0.135. The molecule has 3 rings (SSSR count). The molecular weight excluding hydrogens is 208 g/mol. The number of carbonyl (C=O) groups is 1. The van der Waals surface area contributed by atoms with Gasteiger partial charge in [-0.2, -0.15) is 0 Å². The van der Waals surface area contributed by atoms with Crippen molar-refractivity contribution < 1.29 is 4.79 Å². The van der Waals surface area contributed by atoms with E-state index in [1.165, 1.54) is 37.7 Å². The topological polar surface area (TPSA) is 17.1 Å². The van der Waals surface area contributed by atoms with Gasteiger partial charge in [-0.15, -0.1) is 0 Å². The standard InChI is InChI=1S/C16H24O/c1-10(17)14-12-9-16(4)7-5-6-13(16)11(12)8-15(14,2)3/h11,13H,5-9H2,1-4H3/t11?,13-,16+/m0/s1. The number of fused-ring (bicyclic) bond motifs is 3. The van der Waals surface area contributed by atoms with Gasteiger partial charge >= 0.3 is 0 Å². The predicted octanol–water partition coefficient (Wildman–Crippen LogP) is 4.13. The first kappa shape index (κ1) is 11.5. The van der Waals surface area contributed by atoms with Crippen LogP contribution in [0.15, 0.2) is 11.1 Å².